The van der Waals surface area contributed by atoms with Gasteiger partial charge in [-0.25, -0.2) is 0 Å². The summed E-state index contributed by atoms with van der Waals surface area (Å²) in [7, 11) is -2.54. The number of hydrogen-bond acceptors (Lipinski definition) is 0. The summed E-state index contributed by atoms with van der Waals surface area (Å²) in [6.07, 6.45) is 3.96. The molecule has 246 valence electrons. The van der Waals surface area contributed by atoms with Gasteiger partial charge in [0.15, 0.2) is 30.7 Å². The van der Waals surface area contributed by atoms with E-state index in [9.17, 15) is 0 Å². The lowest BCUT2D eigenvalue weighted by Crippen LogP contribution is -2.45. The number of rotatable bonds is 1. The summed E-state index contributed by atoms with van der Waals surface area (Å²) in [6.45, 7) is 17.8. The lowest BCUT2D eigenvalue weighted by Gasteiger charge is -1.94. The van der Waals surface area contributed by atoms with Gasteiger partial charge in [0.1, 0.15) is 34.2 Å². The van der Waals surface area contributed by atoms with E-state index >= 15 is 0 Å². The average Bonchev–Trinajstić information content (AvgIpc) is 2.77. The molecule has 1 nitrogen and oxygen atoms in total. The van der Waals surface area contributed by atoms with Crippen molar-refractivity contribution in [1.29, 1.82) is 0 Å². The molecule has 0 aromatic carbocycles. The van der Waals surface area contributed by atoms with Crippen molar-refractivity contribution >= 4 is 310 Å². The molecule has 1 aromatic heterocycles. The third kappa shape index (κ3) is 217. The first-order valence-electron chi connectivity index (χ1n) is 10.6. The molecule has 0 fully saturated rings. The fraction of sp³-hybridized carbons (Fsp3) is 0.615. The molecule has 0 bridgehead atoms. The standard InChI is InChI=1S/C7H12NSi.C2H7BrSi.C2H7ClSi.C2H7ISi.Br2H2Si.BrClH2Si.BrH2ISi.Cl2H2Si.ClH2ISi.H2I2Si/c1-9(2)8-6-4-3-5-7-8;3*1-4(2)3;6*1-3-2/h3-7,9H,1-2H3;3*4H,1-2H3;6*3H2/q+1;;;;;;;;;. The maximum atomic E-state index is 5.41. The number of pyridine rings is 1. The van der Waals surface area contributed by atoms with Crippen molar-refractivity contribution in [3.05, 3.63) is 30.6 Å². The first kappa shape index (κ1) is 69.6. The molecule has 0 saturated heterocycles. The predicted molar refractivity (Wildman–Crippen MR) is 293 cm³/mol. The fourth-order valence-corrected chi connectivity index (χ4v) is 1.64. The van der Waals surface area contributed by atoms with Crippen molar-refractivity contribution in [2.24, 2.45) is 0 Å². The van der Waals surface area contributed by atoms with Gasteiger partial charge >= 0.3 is 8.96 Å². The zero-order valence-corrected chi connectivity index (χ0v) is 59.2. The summed E-state index contributed by atoms with van der Waals surface area (Å²) in [5, 5.41) is 0. The minimum Gasteiger partial charge on any atom is -0.282 e. The summed E-state index contributed by atoms with van der Waals surface area (Å²) < 4.78 is 2.66. The molecule has 39 heavy (non-hydrogen) atoms. The SMILES string of the molecule is Br[SiH2]Br.Br[SiH2]I.C[SiH](C)Br.C[SiH](C)Cl.C[SiH](C)I.C[SiH](C)[n+]1ccccc1.Cl[SiH2]Br.Cl[SiH2]Cl.Cl[SiH2]I.I[SiH2]I. The summed E-state index contributed by atoms with van der Waals surface area (Å²) in [6, 6.07) is 6.20. The molecule has 0 N–H and O–H groups in total. The van der Waals surface area contributed by atoms with E-state index in [1.54, 1.807) is 0 Å². The molecule has 0 spiro atoms. The van der Waals surface area contributed by atoms with Crippen LogP contribution in [0.25, 0.3) is 0 Å². The van der Waals surface area contributed by atoms with Crippen molar-refractivity contribution in [3.8, 4) is 0 Å². The van der Waals surface area contributed by atoms with Crippen LogP contribution in [-0.4, -0.2) is 69.6 Å². The van der Waals surface area contributed by atoms with E-state index in [1.165, 1.54) is 0 Å². The van der Waals surface area contributed by atoms with Crippen LogP contribution < -0.4 is 4.23 Å². The van der Waals surface area contributed by atoms with Gasteiger partial charge < -0.3 is 0 Å². The van der Waals surface area contributed by atoms with E-state index in [-0.39, 0.29) is 39.9 Å². The molecule has 0 atom stereocenters. The Labute approximate surface area is 389 Å². The van der Waals surface area contributed by atoms with E-state index in [0.717, 1.165) is 0 Å². The first-order chi connectivity index (χ1) is 18.0. The molecule has 1 rings (SSSR count). The minimum atomic E-state index is -0.667. The molecule has 1 heterocycles. The van der Waals surface area contributed by atoms with Gasteiger partial charge in [0.2, 0.25) is 8.14 Å². The summed E-state index contributed by atoms with van der Waals surface area (Å²) >= 11 is 53.4. The molecule has 0 saturated carbocycles. The second-order valence-corrected chi connectivity index (χ2v) is 75.8. The molecular weight excluding hydrogens is 1660 g/mol. The van der Waals surface area contributed by atoms with E-state index in [2.05, 4.69) is 267 Å². The molecule has 0 radical (unpaired) electrons. The van der Waals surface area contributed by atoms with E-state index < -0.39 is 25.2 Å². The molecule has 0 aliphatic carbocycles. The quantitative estimate of drug-likeness (QED) is 0.150. The smallest absolute Gasteiger partial charge is 0.282 e. The third-order valence-electron chi connectivity index (χ3n) is 1.33. The van der Waals surface area contributed by atoms with Crippen LogP contribution in [0.15, 0.2) is 30.6 Å². The Hall–Kier alpha value is 8.82. The molecular formula is C13H45Br5Cl5I5NSi10+. The lowest BCUT2D eigenvalue weighted by atomic mass is 10.5. The summed E-state index contributed by atoms with van der Waals surface area (Å²) in [4.78, 5) is 0. The third-order valence-corrected chi connectivity index (χ3v) is 2.87. The zero-order chi connectivity index (χ0) is 33.7. The second-order valence-electron chi connectivity index (χ2n) is 6.06. The Morgan fingerprint density at radius 2 is 0.846 bits per heavy atom. The topological polar surface area (TPSA) is 3.88 Å². The highest BCUT2D eigenvalue weighted by Crippen LogP contribution is 1.87. The Bertz CT molecular complexity index is 397. The van der Waals surface area contributed by atoms with Crippen LogP contribution in [0.2, 0.25) is 52.4 Å². The van der Waals surface area contributed by atoms with Gasteiger partial charge in [-0.1, -0.05) is 45.3 Å². The van der Waals surface area contributed by atoms with Gasteiger partial charge in [-0.05, 0) is 25.2 Å². The Kier molecular flexibility index (Phi) is 145. The molecule has 0 aliphatic heterocycles. The number of aromatic nitrogens is 1. The molecule has 0 amide bonds. The largest absolute Gasteiger partial charge is 0.342 e. The van der Waals surface area contributed by atoms with Crippen LogP contribution in [0.1, 0.15) is 0 Å². The van der Waals surface area contributed by atoms with Crippen LogP contribution in [0.4, 0.5) is 0 Å². The summed E-state index contributed by atoms with van der Waals surface area (Å²) in [5.74, 6) is 0. The van der Waals surface area contributed by atoms with Crippen LogP contribution in [0.3, 0.4) is 0 Å². The second kappa shape index (κ2) is 81.1. The zero-order valence-electron chi connectivity index (χ0n) is 23.6. The minimum absolute atomic E-state index is 0.0417. The molecule has 1 aromatic rings. The number of halogens is 15. The van der Waals surface area contributed by atoms with Crippen LogP contribution in [0.5, 0.6) is 0 Å². The fourth-order valence-electron chi connectivity index (χ4n) is 0.756. The van der Waals surface area contributed by atoms with Crippen LogP contribution in [-0.2, 0) is 0 Å². The molecule has 26 heteroatoms. The van der Waals surface area contributed by atoms with Crippen molar-refractivity contribution in [2.75, 3.05) is 0 Å². The van der Waals surface area contributed by atoms with Gasteiger partial charge in [0.25, 0.3) is 0 Å². The van der Waals surface area contributed by atoms with Crippen molar-refractivity contribution in [1.82, 2.24) is 0 Å². The maximum Gasteiger partial charge on any atom is 0.342 e. The monoisotopic (exact) mass is 1700 g/mol. The number of hydrogen-bond donors (Lipinski definition) is 0. The van der Waals surface area contributed by atoms with Gasteiger partial charge in [0, 0.05) is 0 Å². The molecule has 0 aliphatic rings. The van der Waals surface area contributed by atoms with E-state index in [4.69, 9.17) is 55.4 Å². The normalized spacial score (nSPS) is 8.79. The van der Waals surface area contributed by atoms with Crippen molar-refractivity contribution in [2.45, 2.75) is 52.4 Å². The van der Waals surface area contributed by atoms with E-state index in [0.29, 0.717) is 4.51 Å². The van der Waals surface area contributed by atoms with Crippen molar-refractivity contribution in [3.63, 3.8) is 0 Å². The first-order valence-corrected chi connectivity index (χ1v) is 74.0. The number of nitrogens with zero attached hydrogens (tertiary/aromatic N) is 1. The predicted octanol–water partition coefficient (Wildman–Crippen LogP) is 8.97. The Morgan fingerprint density at radius 1 is 0.718 bits per heavy atom. The molecule has 0 unspecified atom stereocenters. The van der Waals surface area contributed by atoms with Crippen LogP contribution >= 0.6 is 241 Å². The summed E-state index contributed by atoms with van der Waals surface area (Å²) in [5.41, 5.74) is 0.199. The van der Waals surface area contributed by atoms with Crippen LogP contribution in [0, 0.1) is 0 Å². The van der Waals surface area contributed by atoms with Gasteiger partial charge in [0.05, 0.1) is 0 Å². The Morgan fingerprint density at radius 3 is 0.923 bits per heavy atom. The highest BCUT2D eigenvalue weighted by molar-refractivity contribution is 14.3. The highest BCUT2D eigenvalue weighted by Gasteiger charge is 2.04. The van der Waals surface area contributed by atoms with Gasteiger partial charge in [-0.15, -0.1) is 185 Å². The lowest BCUT2D eigenvalue weighted by molar-refractivity contribution is -0.536. The highest BCUT2D eigenvalue weighted by atomic mass is 127. The average molecular weight is 1710 g/mol. The van der Waals surface area contributed by atoms with Crippen molar-refractivity contribution < 1.29 is 4.23 Å². The van der Waals surface area contributed by atoms with Gasteiger partial charge in [-0.3, -0.25) is 4.23 Å². The maximum absolute atomic E-state index is 5.41. The van der Waals surface area contributed by atoms with E-state index in [1.807, 2.05) is 6.07 Å². The Balaban J connectivity index is -0.0000000382. The van der Waals surface area contributed by atoms with Gasteiger partial charge in [-0.2, -0.15) is 55.4 Å².